The van der Waals surface area contributed by atoms with E-state index in [4.69, 9.17) is 0 Å². The third-order valence-electron chi connectivity index (χ3n) is 4.13. The fourth-order valence-corrected chi connectivity index (χ4v) is 2.99. The molecule has 0 unspecified atom stereocenters. The molecule has 2 nitrogen and oxygen atoms in total. The minimum absolute atomic E-state index is 1.22. The van der Waals surface area contributed by atoms with Crippen LogP contribution in [-0.4, -0.2) is 4.98 Å². The Morgan fingerprint density at radius 3 is 2.06 bits per heavy atom. The summed E-state index contributed by atoms with van der Waals surface area (Å²) in [5, 5.41) is 0. The molecule has 0 spiro atoms. The van der Waals surface area contributed by atoms with Crippen LogP contribution in [0.25, 0.3) is 0 Å². The third-order valence-corrected chi connectivity index (χ3v) is 4.13. The largest absolute Gasteiger partial charge is 0.286 e. The Morgan fingerprint density at radius 1 is 0.833 bits per heavy atom. The average molecular weight is 247 g/mol. The van der Waals surface area contributed by atoms with E-state index in [1.54, 1.807) is 0 Å². The molecular weight excluding hydrogens is 220 g/mol. The van der Waals surface area contributed by atoms with Gasteiger partial charge in [0, 0.05) is 12.0 Å². The van der Waals surface area contributed by atoms with Crippen molar-refractivity contribution in [1.82, 2.24) is 4.98 Å². The lowest BCUT2D eigenvalue weighted by atomic mass is 10.0. The van der Waals surface area contributed by atoms with Gasteiger partial charge in [-0.1, -0.05) is 49.9 Å². The molecule has 0 radical (unpaired) electrons. The maximum absolute atomic E-state index is 4.35. The molecule has 0 saturated heterocycles. The van der Waals surface area contributed by atoms with Crippen molar-refractivity contribution in [2.45, 2.75) is 70.6 Å². The number of fused-ring (bicyclic) bond motifs is 1. The molecule has 0 bridgehead atoms. The van der Waals surface area contributed by atoms with E-state index in [2.05, 4.69) is 22.8 Å². The van der Waals surface area contributed by atoms with Gasteiger partial charge in [0.25, 0.3) is 6.33 Å². The topological polar surface area (TPSA) is 16.8 Å². The van der Waals surface area contributed by atoms with E-state index in [0.29, 0.717) is 0 Å². The van der Waals surface area contributed by atoms with E-state index < -0.39 is 0 Å². The van der Waals surface area contributed by atoms with Crippen LogP contribution < -0.4 is 4.57 Å². The number of hydrogen-bond donors (Lipinski definition) is 0. The standard InChI is InChI=1S/C16H27N2/c1-18-14-17-13-15-11-9-7-5-3-2-4-6-8-10-12-16(15)18/h13-14H,2-12H2,1H3/q+1. The first-order valence-electron chi connectivity index (χ1n) is 7.69. The summed E-state index contributed by atoms with van der Waals surface area (Å²) in [7, 11) is 2.14. The van der Waals surface area contributed by atoms with Gasteiger partial charge < -0.3 is 0 Å². The van der Waals surface area contributed by atoms with Crippen LogP contribution in [0.1, 0.15) is 69.0 Å². The minimum Gasteiger partial charge on any atom is -0.237 e. The lowest BCUT2D eigenvalue weighted by Crippen LogP contribution is -2.35. The molecule has 1 aliphatic carbocycles. The van der Waals surface area contributed by atoms with Crippen molar-refractivity contribution in [2.75, 3.05) is 0 Å². The fraction of sp³-hybridized carbons (Fsp3) is 0.750. The smallest absolute Gasteiger partial charge is 0.237 e. The summed E-state index contributed by atoms with van der Waals surface area (Å²) in [4.78, 5) is 4.35. The third kappa shape index (κ3) is 4.08. The number of aryl methyl sites for hydroxylation is 2. The van der Waals surface area contributed by atoms with Gasteiger partial charge in [-0.2, -0.15) is 0 Å². The highest BCUT2D eigenvalue weighted by atomic mass is 15.0. The van der Waals surface area contributed by atoms with Gasteiger partial charge in [0.05, 0.1) is 7.05 Å². The van der Waals surface area contributed by atoms with Crippen molar-refractivity contribution < 1.29 is 4.57 Å². The highest BCUT2D eigenvalue weighted by Gasteiger charge is 2.11. The number of nitrogens with zero attached hydrogens (tertiary/aromatic N) is 2. The molecule has 1 heterocycles. The Bertz CT molecular complexity index is 360. The van der Waals surface area contributed by atoms with Crippen molar-refractivity contribution >= 4 is 0 Å². The minimum atomic E-state index is 1.22. The number of rotatable bonds is 0. The van der Waals surface area contributed by atoms with Gasteiger partial charge in [-0.15, -0.1) is 0 Å². The zero-order chi connectivity index (χ0) is 12.6. The predicted molar refractivity (Wildman–Crippen MR) is 74.4 cm³/mol. The van der Waals surface area contributed by atoms with E-state index in [9.17, 15) is 0 Å². The normalized spacial score (nSPS) is 19.2. The average Bonchev–Trinajstić information content (AvgIpc) is 2.39. The van der Waals surface area contributed by atoms with Gasteiger partial charge in [0.15, 0.2) is 0 Å². The van der Waals surface area contributed by atoms with Crippen LogP contribution in [0.2, 0.25) is 0 Å². The van der Waals surface area contributed by atoms with Gasteiger partial charge in [-0.05, 0) is 19.3 Å². The molecule has 0 aliphatic heterocycles. The van der Waals surface area contributed by atoms with Gasteiger partial charge in [-0.25, -0.2) is 4.57 Å². The molecule has 0 amide bonds. The van der Waals surface area contributed by atoms with Crippen LogP contribution in [-0.2, 0) is 19.9 Å². The molecule has 0 atom stereocenters. The second-order valence-corrected chi connectivity index (χ2v) is 5.66. The molecule has 2 heteroatoms. The summed E-state index contributed by atoms with van der Waals surface area (Å²) in [6.45, 7) is 0. The summed E-state index contributed by atoms with van der Waals surface area (Å²) < 4.78 is 2.23. The van der Waals surface area contributed by atoms with Gasteiger partial charge in [0.2, 0.25) is 0 Å². The maximum atomic E-state index is 4.35. The molecule has 100 valence electrons. The predicted octanol–water partition coefficient (Wildman–Crippen LogP) is 3.52. The summed E-state index contributed by atoms with van der Waals surface area (Å²) in [5.74, 6) is 0. The van der Waals surface area contributed by atoms with Crippen LogP contribution >= 0.6 is 0 Å². The van der Waals surface area contributed by atoms with Crippen molar-refractivity contribution in [1.29, 1.82) is 0 Å². The Balaban J connectivity index is 2.03. The van der Waals surface area contributed by atoms with Crippen molar-refractivity contribution in [3.05, 3.63) is 23.8 Å². The molecule has 0 saturated carbocycles. The Kier molecular flexibility index (Phi) is 5.63. The van der Waals surface area contributed by atoms with Crippen LogP contribution in [0.5, 0.6) is 0 Å². The Hall–Kier alpha value is -0.920. The SMILES string of the molecule is C[n+]1cncc2c1CCCCCCCCCCC2. The molecule has 0 aromatic carbocycles. The maximum Gasteiger partial charge on any atom is 0.286 e. The zero-order valence-corrected chi connectivity index (χ0v) is 11.8. The van der Waals surface area contributed by atoms with Gasteiger partial charge in [-0.3, -0.25) is 0 Å². The van der Waals surface area contributed by atoms with Crippen molar-refractivity contribution in [3.63, 3.8) is 0 Å². The van der Waals surface area contributed by atoms with E-state index in [-0.39, 0.29) is 0 Å². The molecule has 1 aromatic rings. The molecule has 1 aromatic heterocycles. The first-order valence-corrected chi connectivity index (χ1v) is 7.69. The second-order valence-electron chi connectivity index (χ2n) is 5.66. The highest BCUT2D eigenvalue weighted by molar-refractivity contribution is 5.12. The van der Waals surface area contributed by atoms with E-state index in [1.807, 2.05) is 6.33 Å². The van der Waals surface area contributed by atoms with Crippen LogP contribution in [0.15, 0.2) is 12.5 Å². The van der Waals surface area contributed by atoms with E-state index >= 15 is 0 Å². The lowest BCUT2D eigenvalue weighted by molar-refractivity contribution is -0.682. The van der Waals surface area contributed by atoms with Crippen LogP contribution in [0.4, 0.5) is 0 Å². The zero-order valence-electron chi connectivity index (χ0n) is 11.8. The Morgan fingerprint density at radius 2 is 1.39 bits per heavy atom. The van der Waals surface area contributed by atoms with E-state index in [1.165, 1.54) is 81.9 Å². The molecule has 1 aliphatic rings. The van der Waals surface area contributed by atoms with Crippen LogP contribution in [0, 0.1) is 0 Å². The van der Waals surface area contributed by atoms with E-state index in [0.717, 1.165) is 0 Å². The number of aromatic nitrogens is 2. The quantitative estimate of drug-likeness (QED) is 0.641. The number of hydrogen-bond acceptors (Lipinski definition) is 1. The van der Waals surface area contributed by atoms with Crippen molar-refractivity contribution in [2.24, 2.45) is 7.05 Å². The molecule has 0 N–H and O–H groups in total. The van der Waals surface area contributed by atoms with Crippen molar-refractivity contribution in [3.8, 4) is 0 Å². The molecular formula is C16H27N2+. The first-order chi connectivity index (χ1) is 8.88. The summed E-state index contributed by atoms with van der Waals surface area (Å²) in [6.07, 6.45) is 19.1. The molecule has 2 rings (SSSR count). The highest BCUT2D eigenvalue weighted by Crippen LogP contribution is 2.16. The molecule has 0 fully saturated rings. The first kappa shape index (κ1) is 13.5. The molecule has 18 heavy (non-hydrogen) atoms. The summed E-state index contributed by atoms with van der Waals surface area (Å²) in [6, 6.07) is 0. The van der Waals surface area contributed by atoms with Crippen LogP contribution in [0.3, 0.4) is 0 Å². The van der Waals surface area contributed by atoms with Gasteiger partial charge >= 0.3 is 0 Å². The lowest BCUT2D eigenvalue weighted by Gasteiger charge is -2.07. The fourth-order valence-electron chi connectivity index (χ4n) is 2.99. The summed E-state index contributed by atoms with van der Waals surface area (Å²) in [5.41, 5.74) is 3.00. The van der Waals surface area contributed by atoms with Gasteiger partial charge in [0.1, 0.15) is 11.9 Å². The Labute approximate surface area is 111 Å². The monoisotopic (exact) mass is 247 g/mol. The summed E-state index contributed by atoms with van der Waals surface area (Å²) >= 11 is 0. The second kappa shape index (κ2) is 7.50.